The molecular weight excluding hydrogens is 361 g/mol. The molecule has 2 atom stereocenters. The largest absolute Gasteiger partial charge is 0.441 e. The van der Waals surface area contributed by atoms with Crippen molar-refractivity contribution in [3.05, 3.63) is 41.3 Å². The Morgan fingerprint density at radius 1 is 1.33 bits per heavy atom. The number of ether oxygens (including phenoxy) is 1. The average Bonchev–Trinajstić information content (AvgIpc) is 3.10. The predicted molar refractivity (Wildman–Crippen MR) is 93.0 cm³/mol. The van der Waals surface area contributed by atoms with E-state index in [0.29, 0.717) is 31.1 Å². The molecule has 8 heteroatoms. The van der Waals surface area contributed by atoms with Gasteiger partial charge in [-0.05, 0) is 39.0 Å². The van der Waals surface area contributed by atoms with Crippen molar-refractivity contribution in [3.8, 4) is 11.5 Å². The quantitative estimate of drug-likeness (QED) is 0.853. The molecule has 1 aliphatic heterocycles. The van der Waals surface area contributed by atoms with Crippen molar-refractivity contribution < 1.29 is 27.4 Å². The number of aromatic nitrogens is 1. The van der Waals surface area contributed by atoms with Crippen molar-refractivity contribution in [2.24, 2.45) is 0 Å². The van der Waals surface area contributed by atoms with Crippen molar-refractivity contribution in [3.63, 3.8) is 0 Å². The van der Waals surface area contributed by atoms with Crippen LogP contribution < -0.4 is 0 Å². The van der Waals surface area contributed by atoms with Crippen LogP contribution in [-0.2, 0) is 17.5 Å². The Labute approximate surface area is 155 Å². The number of hydrogen-bond acceptors (Lipinski definition) is 5. The molecule has 0 radical (unpaired) electrons. The van der Waals surface area contributed by atoms with Crippen LogP contribution in [0.1, 0.15) is 30.9 Å². The van der Waals surface area contributed by atoms with Gasteiger partial charge in [0.2, 0.25) is 5.89 Å². The summed E-state index contributed by atoms with van der Waals surface area (Å²) < 4.78 is 50.0. The fraction of sp³-hybridized carbons (Fsp3) is 0.526. The zero-order chi connectivity index (χ0) is 19.8. The van der Waals surface area contributed by atoms with Gasteiger partial charge in [-0.1, -0.05) is 6.07 Å². The number of aliphatic hydroxyl groups is 1. The maximum atomic E-state index is 12.9. The Morgan fingerprint density at radius 3 is 2.74 bits per heavy atom. The van der Waals surface area contributed by atoms with E-state index in [4.69, 9.17) is 9.15 Å². The Morgan fingerprint density at radius 2 is 2.07 bits per heavy atom. The first kappa shape index (κ1) is 19.9. The fourth-order valence-electron chi connectivity index (χ4n) is 3.18. The van der Waals surface area contributed by atoms with Crippen LogP contribution in [0.2, 0.25) is 0 Å². The second kappa shape index (κ2) is 7.61. The molecule has 0 spiro atoms. The number of alkyl halides is 3. The summed E-state index contributed by atoms with van der Waals surface area (Å²) in [5.74, 6) is 0.702. The smallest absolute Gasteiger partial charge is 0.416 e. The highest BCUT2D eigenvalue weighted by atomic mass is 19.4. The molecule has 148 valence electrons. The van der Waals surface area contributed by atoms with Crippen molar-refractivity contribution in [2.75, 3.05) is 13.1 Å². The second-order valence-electron chi connectivity index (χ2n) is 7.09. The summed E-state index contributed by atoms with van der Waals surface area (Å²) in [4.78, 5) is 6.38. The van der Waals surface area contributed by atoms with Crippen LogP contribution in [0, 0.1) is 6.92 Å². The number of oxazole rings is 1. The molecule has 27 heavy (non-hydrogen) atoms. The highest BCUT2D eigenvalue weighted by molar-refractivity contribution is 5.55. The number of hydrogen-bond donors (Lipinski definition) is 1. The van der Waals surface area contributed by atoms with Gasteiger partial charge in [-0.2, -0.15) is 13.2 Å². The highest BCUT2D eigenvalue weighted by Gasteiger charge is 2.34. The minimum atomic E-state index is -4.42. The molecule has 1 aromatic heterocycles. The lowest BCUT2D eigenvalue weighted by molar-refractivity contribution is -0.137. The van der Waals surface area contributed by atoms with Crippen molar-refractivity contribution >= 4 is 0 Å². The summed E-state index contributed by atoms with van der Waals surface area (Å²) in [6.07, 6.45) is -5.24. The minimum absolute atomic E-state index is 0.0194. The normalized spacial score (nSPS) is 21.3. The molecule has 5 nitrogen and oxygen atoms in total. The summed E-state index contributed by atoms with van der Waals surface area (Å²) in [6.45, 7) is 7.00. The Balaban J connectivity index is 1.74. The van der Waals surface area contributed by atoms with Gasteiger partial charge in [0.15, 0.2) is 0 Å². The van der Waals surface area contributed by atoms with Crippen molar-refractivity contribution in [1.82, 2.24) is 9.88 Å². The van der Waals surface area contributed by atoms with E-state index in [1.807, 2.05) is 18.7 Å². The van der Waals surface area contributed by atoms with Gasteiger partial charge < -0.3 is 14.3 Å². The number of benzene rings is 1. The van der Waals surface area contributed by atoms with E-state index in [1.165, 1.54) is 12.1 Å². The number of nitrogens with zero attached hydrogens (tertiary/aromatic N) is 2. The monoisotopic (exact) mass is 384 g/mol. The molecule has 1 aromatic carbocycles. The summed E-state index contributed by atoms with van der Waals surface area (Å²) in [5, 5.41) is 10.1. The Kier molecular flexibility index (Phi) is 5.60. The Hall–Kier alpha value is -1.90. The molecule has 1 fully saturated rings. The fourth-order valence-corrected chi connectivity index (χ4v) is 3.18. The lowest BCUT2D eigenvalue weighted by atomic mass is 10.1. The van der Waals surface area contributed by atoms with Gasteiger partial charge in [0.25, 0.3) is 0 Å². The van der Waals surface area contributed by atoms with Crippen molar-refractivity contribution in [1.29, 1.82) is 0 Å². The lowest BCUT2D eigenvalue weighted by Gasteiger charge is -2.17. The van der Waals surface area contributed by atoms with Crippen LogP contribution in [-0.4, -0.2) is 46.4 Å². The molecule has 0 unspecified atom stereocenters. The van der Waals surface area contributed by atoms with Crippen LogP contribution in [0.25, 0.3) is 11.5 Å². The maximum absolute atomic E-state index is 12.9. The summed E-state index contributed by atoms with van der Waals surface area (Å²) in [7, 11) is 0. The van der Waals surface area contributed by atoms with E-state index in [-0.39, 0.29) is 23.7 Å². The Bertz CT molecular complexity index is 789. The standard InChI is InChI=1S/C19H23F3N2O3/c1-11(2)26-17-10-24(9-16(17)25)8-15-12(3)27-18(23-15)13-5-4-6-14(7-13)19(20,21)22/h4-7,11,16-17,25H,8-10H2,1-3H3/t16-,17-/m1/s1. The molecule has 2 heterocycles. The summed E-state index contributed by atoms with van der Waals surface area (Å²) in [5.41, 5.74) is 0.176. The molecule has 3 rings (SSSR count). The van der Waals surface area contributed by atoms with E-state index >= 15 is 0 Å². The van der Waals surface area contributed by atoms with Crippen LogP contribution in [0.3, 0.4) is 0 Å². The third kappa shape index (κ3) is 4.69. The molecule has 1 aliphatic rings. The first-order valence-electron chi connectivity index (χ1n) is 8.83. The third-order valence-electron chi connectivity index (χ3n) is 4.46. The maximum Gasteiger partial charge on any atom is 0.416 e. The van der Waals surface area contributed by atoms with Crippen LogP contribution in [0.4, 0.5) is 13.2 Å². The SMILES string of the molecule is Cc1oc(-c2cccc(C(F)(F)F)c2)nc1CN1C[C@@H](O)[C@H](OC(C)C)C1. The number of rotatable bonds is 5. The van der Waals surface area contributed by atoms with Gasteiger partial charge in [-0.15, -0.1) is 0 Å². The van der Waals surface area contributed by atoms with Gasteiger partial charge in [0, 0.05) is 25.2 Å². The number of likely N-dealkylation sites (tertiary alicyclic amines) is 1. The van der Waals surface area contributed by atoms with Crippen LogP contribution in [0.5, 0.6) is 0 Å². The topological polar surface area (TPSA) is 58.7 Å². The van der Waals surface area contributed by atoms with E-state index < -0.39 is 17.8 Å². The second-order valence-corrected chi connectivity index (χ2v) is 7.09. The van der Waals surface area contributed by atoms with E-state index in [0.717, 1.165) is 12.1 Å². The lowest BCUT2D eigenvalue weighted by Crippen LogP contribution is -2.29. The first-order valence-corrected chi connectivity index (χ1v) is 8.83. The molecule has 1 saturated heterocycles. The zero-order valence-electron chi connectivity index (χ0n) is 15.5. The minimum Gasteiger partial charge on any atom is -0.441 e. The van der Waals surface area contributed by atoms with Gasteiger partial charge in [-0.3, -0.25) is 4.90 Å². The van der Waals surface area contributed by atoms with Gasteiger partial charge >= 0.3 is 6.18 Å². The van der Waals surface area contributed by atoms with E-state index in [9.17, 15) is 18.3 Å². The van der Waals surface area contributed by atoms with Crippen LogP contribution in [0.15, 0.2) is 28.7 Å². The molecule has 1 N–H and O–H groups in total. The highest BCUT2D eigenvalue weighted by Crippen LogP contribution is 2.32. The molecule has 0 amide bonds. The number of halogens is 3. The predicted octanol–water partition coefficient (Wildman–Crippen LogP) is 3.64. The first-order chi connectivity index (χ1) is 12.6. The average molecular weight is 384 g/mol. The van der Waals surface area contributed by atoms with Gasteiger partial charge in [0.1, 0.15) is 5.76 Å². The van der Waals surface area contributed by atoms with Gasteiger partial charge in [0.05, 0.1) is 29.6 Å². The van der Waals surface area contributed by atoms with E-state index in [1.54, 1.807) is 6.92 Å². The number of aliphatic hydroxyl groups excluding tert-OH is 1. The zero-order valence-corrected chi connectivity index (χ0v) is 15.5. The van der Waals surface area contributed by atoms with Gasteiger partial charge in [-0.25, -0.2) is 4.98 Å². The van der Waals surface area contributed by atoms with E-state index in [2.05, 4.69) is 4.98 Å². The number of β-amino-alcohol motifs (C(OH)–C–C–N with tert-alkyl or cyclic N) is 1. The molecule has 0 aliphatic carbocycles. The summed E-state index contributed by atoms with van der Waals surface area (Å²) in [6, 6.07) is 4.92. The summed E-state index contributed by atoms with van der Waals surface area (Å²) >= 11 is 0. The van der Waals surface area contributed by atoms with Crippen molar-refractivity contribution in [2.45, 2.75) is 51.8 Å². The van der Waals surface area contributed by atoms with Crippen LogP contribution >= 0.6 is 0 Å². The molecule has 0 saturated carbocycles. The molecule has 0 bridgehead atoms. The number of aryl methyl sites for hydroxylation is 1. The third-order valence-corrected chi connectivity index (χ3v) is 4.46. The molecule has 2 aromatic rings. The molecular formula is C19H23F3N2O3.